The second-order valence-corrected chi connectivity index (χ2v) is 6.17. The Morgan fingerprint density at radius 3 is 3.00 bits per heavy atom. The monoisotopic (exact) mass is 336 g/mol. The van der Waals surface area contributed by atoms with E-state index < -0.39 is 0 Å². The Balaban J connectivity index is 1.59. The zero-order valence-corrected chi connectivity index (χ0v) is 14.0. The number of benzene rings is 1. The SMILES string of the molecule is COc1ccc(OCC[C@]2(Cn3ccnc3)CCCO2)c(Cl)c1. The lowest BCUT2D eigenvalue weighted by Crippen LogP contribution is -2.35. The molecule has 0 aliphatic carbocycles. The summed E-state index contributed by atoms with van der Waals surface area (Å²) in [5, 5.41) is 0.556. The summed E-state index contributed by atoms with van der Waals surface area (Å²) < 4.78 is 19.1. The van der Waals surface area contributed by atoms with Crippen molar-refractivity contribution in [3.63, 3.8) is 0 Å². The van der Waals surface area contributed by atoms with Gasteiger partial charge >= 0.3 is 0 Å². The quantitative estimate of drug-likeness (QED) is 0.775. The Bertz CT molecular complexity index is 625. The number of methoxy groups -OCH3 is 1. The van der Waals surface area contributed by atoms with Gasteiger partial charge in [-0.2, -0.15) is 0 Å². The third kappa shape index (κ3) is 3.98. The molecule has 0 saturated carbocycles. The van der Waals surface area contributed by atoms with E-state index in [1.54, 1.807) is 19.4 Å². The number of nitrogens with zero attached hydrogens (tertiary/aromatic N) is 2. The molecule has 0 radical (unpaired) electrons. The van der Waals surface area contributed by atoms with Gasteiger partial charge in [0.25, 0.3) is 0 Å². The smallest absolute Gasteiger partial charge is 0.138 e. The van der Waals surface area contributed by atoms with Gasteiger partial charge in [-0.3, -0.25) is 0 Å². The van der Waals surface area contributed by atoms with Crippen LogP contribution in [0.25, 0.3) is 0 Å². The second-order valence-electron chi connectivity index (χ2n) is 5.76. The van der Waals surface area contributed by atoms with E-state index in [1.165, 1.54) is 0 Å². The molecule has 2 aromatic rings. The molecule has 1 aromatic heterocycles. The van der Waals surface area contributed by atoms with Crippen molar-refractivity contribution in [3.05, 3.63) is 41.9 Å². The molecule has 2 heterocycles. The van der Waals surface area contributed by atoms with Crippen LogP contribution in [0.1, 0.15) is 19.3 Å². The molecule has 6 heteroatoms. The van der Waals surface area contributed by atoms with Gasteiger partial charge in [-0.05, 0) is 25.0 Å². The molecular weight excluding hydrogens is 316 g/mol. The fourth-order valence-electron chi connectivity index (χ4n) is 2.94. The van der Waals surface area contributed by atoms with Crippen LogP contribution in [-0.4, -0.2) is 35.5 Å². The summed E-state index contributed by atoms with van der Waals surface area (Å²) in [6.07, 6.45) is 8.50. The molecule has 124 valence electrons. The maximum Gasteiger partial charge on any atom is 0.138 e. The highest BCUT2D eigenvalue weighted by atomic mass is 35.5. The number of ether oxygens (including phenoxy) is 3. The van der Waals surface area contributed by atoms with Gasteiger partial charge in [0.15, 0.2) is 0 Å². The van der Waals surface area contributed by atoms with Crippen LogP contribution >= 0.6 is 11.6 Å². The predicted octanol–water partition coefficient (Wildman–Crippen LogP) is 3.56. The number of halogens is 1. The number of aromatic nitrogens is 2. The van der Waals surface area contributed by atoms with Crippen LogP contribution in [-0.2, 0) is 11.3 Å². The first-order valence-electron chi connectivity index (χ1n) is 7.77. The molecule has 3 rings (SSSR count). The fraction of sp³-hybridized carbons (Fsp3) is 0.471. The van der Waals surface area contributed by atoms with Crippen molar-refractivity contribution in [3.8, 4) is 11.5 Å². The van der Waals surface area contributed by atoms with Crippen LogP contribution in [0.3, 0.4) is 0 Å². The largest absolute Gasteiger partial charge is 0.497 e. The first-order chi connectivity index (χ1) is 11.2. The van der Waals surface area contributed by atoms with E-state index in [0.29, 0.717) is 17.4 Å². The van der Waals surface area contributed by atoms with E-state index in [0.717, 1.165) is 38.2 Å². The molecule has 1 atom stereocenters. The summed E-state index contributed by atoms with van der Waals surface area (Å²) >= 11 is 6.20. The summed E-state index contributed by atoms with van der Waals surface area (Å²) in [6.45, 7) is 2.16. The lowest BCUT2D eigenvalue weighted by Gasteiger charge is -2.28. The molecule has 1 fully saturated rings. The van der Waals surface area contributed by atoms with Crippen molar-refractivity contribution in [2.45, 2.75) is 31.4 Å². The number of hydrogen-bond donors (Lipinski definition) is 0. The van der Waals surface area contributed by atoms with Gasteiger partial charge in [0.1, 0.15) is 11.5 Å². The number of hydrogen-bond acceptors (Lipinski definition) is 4. The molecule has 1 aromatic carbocycles. The second kappa shape index (κ2) is 7.23. The van der Waals surface area contributed by atoms with Crippen molar-refractivity contribution in [1.29, 1.82) is 0 Å². The Morgan fingerprint density at radius 1 is 1.43 bits per heavy atom. The Kier molecular flexibility index (Phi) is 5.08. The van der Waals surface area contributed by atoms with Crippen molar-refractivity contribution < 1.29 is 14.2 Å². The summed E-state index contributed by atoms with van der Waals surface area (Å²) in [5.74, 6) is 1.39. The van der Waals surface area contributed by atoms with E-state index in [2.05, 4.69) is 9.55 Å². The van der Waals surface area contributed by atoms with E-state index in [-0.39, 0.29) is 5.60 Å². The average molecular weight is 337 g/mol. The van der Waals surface area contributed by atoms with E-state index >= 15 is 0 Å². The maximum atomic E-state index is 6.20. The third-order valence-electron chi connectivity index (χ3n) is 4.17. The van der Waals surface area contributed by atoms with Crippen LogP contribution in [0.15, 0.2) is 36.9 Å². The van der Waals surface area contributed by atoms with Crippen LogP contribution in [0.2, 0.25) is 5.02 Å². The molecule has 1 aliphatic rings. The molecule has 0 unspecified atom stereocenters. The molecule has 0 N–H and O–H groups in total. The van der Waals surface area contributed by atoms with Crippen LogP contribution < -0.4 is 9.47 Å². The summed E-state index contributed by atoms with van der Waals surface area (Å²) in [7, 11) is 1.61. The highest BCUT2D eigenvalue weighted by Crippen LogP contribution is 2.33. The molecule has 0 bridgehead atoms. The molecule has 0 spiro atoms. The summed E-state index contributed by atoms with van der Waals surface area (Å²) in [6, 6.07) is 5.43. The Labute approximate surface area is 141 Å². The average Bonchev–Trinajstić information content (AvgIpc) is 3.22. The van der Waals surface area contributed by atoms with Gasteiger partial charge in [0, 0.05) is 31.5 Å². The van der Waals surface area contributed by atoms with Gasteiger partial charge in [-0.15, -0.1) is 0 Å². The van der Waals surface area contributed by atoms with Gasteiger partial charge in [0.2, 0.25) is 0 Å². The lowest BCUT2D eigenvalue weighted by atomic mass is 9.96. The van der Waals surface area contributed by atoms with Crippen molar-refractivity contribution in [1.82, 2.24) is 9.55 Å². The molecule has 0 amide bonds. The van der Waals surface area contributed by atoms with Crippen LogP contribution in [0.4, 0.5) is 0 Å². The van der Waals surface area contributed by atoms with Crippen molar-refractivity contribution in [2.24, 2.45) is 0 Å². The number of imidazole rings is 1. The predicted molar refractivity (Wildman–Crippen MR) is 88.3 cm³/mol. The van der Waals surface area contributed by atoms with E-state index in [4.69, 9.17) is 25.8 Å². The van der Waals surface area contributed by atoms with E-state index in [1.807, 2.05) is 24.7 Å². The standard InChI is InChI=1S/C17H21ClN2O3/c1-21-14-3-4-16(15(18)11-14)22-10-6-17(5-2-9-23-17)12-20-8-7-19-13-20/h3-4,7-8,11,13H,2,5-6,9-10,12H2,1H3/t17-/m0/s1. The summed E-state index contributed by atoms with van der Waals surface area (Å²) in [5.41, 5.74) is -0.181. The highest BCUT2D eigenvalue weighted by Gasteiger charge is 2.35. The normalized spacial score (nSPS) is 20.6. The van der Waals surface area contributed by atoms with Gasteiger partial charge in [-0.25, -0.2) is 4.98 Å². The first kappa shape index (κ1) is 16.1. The molecular formula is C17H21ClN2O3. The van der Waals surface area contributed by atoms with Gasteiger partial charge in [-0.1, -0.05) is 11.6 Å². The molecule has 5 nitrogen and oxygen atoms in total. The van der Waals surface area contributed by atoms with Gasteiger partial charge < -0.3 is 18.8 Å². The summed E-state index contributed by atoms with van der Waals surface area (Å²) in [4.78, 5) is 4.10. The number of rotatable bonds is 7. The Morgan fingerprint density at radius 2 is 2.35 bits per heavy atom. The highest BCUT2D eigenvalue weighted by molar-refractivity contribution is 6.32. The molecule has 1 saturated heterocycles. The zero-order valence-electron chi connectivity index (χ0n) is 13.2. The minimum Gasteiger partial charge on any atom is -0.497 e. The third-order valence-corrected chi connectivity index (χ3v) is 4.46. The van der Waals surface area contributed by atoms with Crippen molar-refractivity contribution >= 4 is 11.6 Å². The molecule has 23 heavy (non-hydrogen) atoms. The van der Waals surface area contributed by atoms with Gasteiger partial charge in [0.05, 0.1) is 37.2 Å². The Hall–Kier alpha value is -1.72. The minimum atomic E-state index is -0.181. The minimum absolute atomic E-state index is 0.181. The maximum absolute atomic E-state index is 6.20. The zero-order chi connectivity index (χ0) is 16.1. The molecule has 1 aliphatic heterocycles. The lowest BCUT2D eigenvalue weighted by molar-refractivity contribution is -0.0248. The first-order valence-corrected chi connectivity index (χ1v) is 8.15. The topological polar surface area (TPSA) is 45.5 Å². The van der Waals surface area contributed by atoms with Crippen LogP contribution in [0, 0.1) is 0 Å². The van der Waals surface area contributed by atoms with E-state index in [9.17, 15) is 0 Å². The van der Waals surface area contributed by atoms with Crippen molar-refractivity contribution in [2.75, 3.05) is 20.3 Å². The van der Waals surface area contributed by atoms with Crippen LogP contribution in [0.5, 0.6) is 11.5 Å². The fourth-order valence-corrected chi connectivity index (χ4v) is 3.17.